The lowest BCUT2D eigenvalue weighted by molar-refractivity contribution is -0.130. The van der Waals surface area contributed by atoms with Gasteiger partial charge in [0.2, 0.25) is 5.91 Å². The van der Waals surface area contributed by atoms with Crippen LogP contribution in [0.5, 0.6) is 0 Å². The van der Waals surface area contributed by atoms with E-state index in [4.69, 9.17) is 4.74 Å². The molecule has 2 atom stereocenters. The summed E-state index contributed by atoms with van der Waals surface area (Å²) in [5.41, 5.74) is 1.21. The Morgan fingerprint density at radius 2 is 2.10 bits per heavy atom. The van der Waals surface area contributed by atoms with Crippen molar-refractivity contribution in [1.29, 1.82) is 0 Å². The number of nitrogens with one attached hydrogen (secondary N) is 1. The van der Waals surface area contributed by atoms with E-state index >= 15 is 0 Å². The predicted molar refractivity (Wildman–Crippen MR) is 81.9 cm³/mol. The third-order valence-corrected chi connectivity index (χ3v) is 4.48. The zero-order valence-corrected chi connectivity index (χ0v) is 12.9. The van der Waals surface area contributed by atoms with Gasteiger partial charge in [-0.15, -0.1) is 0 Å². The highest BCUT2D eigenvalue weighted by atomic mass is 79.9. The van der Waals surface area contributed by atoms with E-state index in [0.29, 0.717) is 6.61 Å². The standard InChI is InChI=1S/C15H19BrN2O2/c16-11-3-5-13(6-4-11)18-8-7-12(10-18)17-15(19)14-2-1-9-20-14/h3-6,12,14H,1-2,7-10H2,(H,17,19)/t12-,14+/m1/s1. The summed E-state index contributed by atoms with van der Waals surface area (Å²) in [5, 5.41) is 3.12. The van der Waals surface area contributed by atoms with Gasteiger partial charge in [-0.2, -0.15) is 0 Å². The van der Waals surface area contributed by atoms with E-state index in [9.17, 15) is 4.79 Å². The van der Waals surface area contributed by atoms with E-state index in [1.165, 1.54) is 5.69 Å². The van der Waals surface area contributed by atoms with Crippen LogP contribution in [0.15, 0.2) is 28.7 Å². The molecule has 0 bridgehead atoms. The smallest absolute Gasteiger partial charge is 0.249 e. The van der Waals surface area contributed by atoms with Gasteiger partial charge in [-0.05, 0) is 43.5 Å². The highest BCUT2D eigenvalue weighted by Gasteiger charge is 2.29. The molecule has 3 rings (SSSR count). The highest BCUT2D eigenvalue weighted by molar-refractivity contribution is 9.10. The maximum absolute atomic E-state index is 12.0. The number of anilines is 1. The molecule has 20 heavy (non-hydrogen) atoms. The molecule has 1 N–H and O–H groups in total. The van der Waals surface area contributed by atoms with Gasteiger partial charge in [-0.25, -0.2) is 0 Å². The molecule has 1 aromatic rings. The number of rotatable bonds is 3. The lowest BCUT2D eigenvalue weighted by Crippen LogP contribution is -2.42. The van der Waals surface area contributed by atoms with Crippen LogP contribution in [0, 0.1) is 0 Å². The first-order valence-corrected chi connectivity index (χ1v) is 7.94. The SMILES string of the molecule is O=C(N[C@@H]1CCN(c2ccc(Br)cc2)C1)[C@@H]1CCCO1. The van der Waals surface area contributed by atoms with Crippen molar-refractivity contribution in [2.24, 2.45) is 0 Å². The third kappa shape index (κ3) is 3.15. The van der Waals surface area contributed by atoms with Crippen LogP contribution in [0.2, 0.25) is 0 Å². The van der Waals surface area contributed by atoms with Gasteiger partial charge >= 0.3 is 0 Å². The fourth-order valence-electron chi connectivity index (χ4n) is 2.84. The van der Waals surface area contributed by atoms with E-state index in [1.807, 2.05) is 12.1 Å². The number of halogens is 1. The number of amides is 1. The van der Waals surface area contributed by atoms with Gasteiger partial charge in [0.1, 0.15) is 6.10 Å². The minimum atomic E-state index is -0.225. The minimum absolute atomic E-state index is 0.0603. The van der Waals surface area contributed by atoms with Gasteiger partial charge in [-0.1, -0.05) is 15.9 Å². The predicted octanol–water partition coefficient (Wildman–Crippen LogP) is 2.32. The lowest BCUT2D eigenvalue weighted by Gasteiger charge is -2.20. The van der Waals surface area contributed by atoms with Crippen LogP contribution in [-0.4, -0.2) is 37.7 Å². The van der Waals surface area contributed by atoms with Gasteiger partial charge in [0.05, 0.1) is 0 Å². The number of ether oxygens (including phenoxy) is 1. The van der Waals surface area contributed by atoms with Crippen molar-refractivity contribution in [1.82, 2.24) is 5.32 Å². The summed E-state index contributed by atoms with van der Waals surface area (Å²) >= 11 is 3.45. The topological polar surface area (TPSA) is 41.6 Å². The Morgan fingerprint density at radius 3 is 2.80 bits per heavy atom. The summed E-state index contributed by atoms with van der Waals surface area (Å²) in [6, 6.07) is 8.54. The lowest BCUT2D eigenvalue weighted by atomic mass is 10.2. The fourth-order valence-corrected chi connectivity index (χ4v) is 3.11. The van der Waals surface area contributed by atoms with E-state index in [-0.39, 0.29) is 18.1 Å². The van der Waals surface area contributed by atoms with Gasteiger partial charge in [-0.3, -0.25) is 4.79 Å². The first-order valence-electron chi connectivity index (χ1n) is 7.15. The van der Waals surface area contributed by atoms with Crippen LogP contribution in [0.4, 0.5) is 5.69 Å². The molecule has 0 aromatic heterocycles. The van der Waals surface area contributed by atoms with E-state index in [0.717, 1.165) is 36.8 Å². The van der Waals surface area contributed by atoms with Crippen molar-refractivity contribution in [3.05, 3.63) is 28.7 Å². The summed E-state index contributed by atoms with van der Waals surface area (Å²) in [7, 11) is 0. The maximum Gasteiger partial charge on any atom is 0.249 e. The number of hydrogen-bond acceptors (Lipinski definition) is 3. The molecular weight excluding hydrogens is 320 g/mol. The molecule has 1 amide bonds. The molecule has 2 fully saturated rings. The summed E-state index contributed by atoms with van der Waals surface area (Å²) < 4.78 is 6.51. The average Bonchev–Trinajstić information content (AvgIpc) is 3.10. The second-order valence-corrected chi connectivity index (χ2v) is 6.33. The van der Waals surface area contributed by atoms with E-state index < -0.39 is 0 Å². The van der Waals surface area contributed by atoms with Crippen molar-refractivity contribution in [2.75, 3.05) is 24.6 Å². The molecule has 2 aliphatic rings. The molecule has 0 unspecified atom stereocenters. The van der Waals surface area contributed by atoms with Crippen LogP contribution < -0.4 is 10.2 Å². The minimum Gasteiger partial charge on any atom is -0.369 e. The zero-order valence-electron chi connectivity index (χ0n) is 11.3. The summed E-state index contributed by atoms with van der Waals surface area (Å²) in [6.07, 6.45) is 2.62. The number of benzene rings is 1. The van der Waals surface area contributed by atoms with Crippen molar-refractivity contribution in [2.45, 2.75) is 31.4 Å². The molecule has 2 aliphatic heterocycles. The molecule has 2 heterocycles. The Hall–Kier alpha value is -1.07. The first kappa shape index (κ1) is 13.9. The van der Waals surface area contributed by atoms with Crippen LogP contribution >= 0.6 is 15.9 Å². The normalized spacial score (nSPS) is 25.9. The Kier molecular flexibility index (Phi) is 4.27. The van der Waals surface area contributed by atoms with Crippen molar-refractivity contribution >= 4 is 27.5 Å². The van der Waals surface area contributed by atoms with Crippen molar-refractivity contribution in [3.63, 3.8) is 0 Å². The molecule has 4 nitrogen and oxygen atoms in total. The van der Waals surface area contributed by atoms with Crippen LogP contribution in [0.3, 0.4) is 0 Å². The number of carbonyl (C=O) groups is 1. The number of nitrogens with zero attached hydrogens (tertiary/aromatic N) is 1. The highest BCUT2D eigenvalue weighted by Crippen LogP contribution is 2.23. The summed E-state index contributed by atoms with van der Waals surface area (Å²) in [6.45, 7) is 2.58. The van der Waals surface area contributed by atoms with Crippen LogP contribution in [0.1, 0.15) is 19.3 Å². The molecule has 2 saturated heterocycles. The average molecular weight is 339 g/mol. The van der Waals surface area contributed by atoms with Crippen molar-refractivity contribution < 1.29 is 9.53 Å². The first-order chi connectivity index (χ1) is 9.72. The van der Waals surface area contributed by atoms with Gasteiger partial charge < -0.3 is 15.0 Å². The monoisotopic (exact) mass is 338 g/mol. The molecule has 1 aromatic carbocycles. The van der Waals surface area contributed by atoms with Gasteiger partial charge in [0, 0.05) is 35.9 Å². The zero-order chi connectivity index (χ0) is 13.9. The third-order valence-electron chi connectivity index (χ3n) is 3.95. The second-order valence-electron chi connectivity index (χ2n) is 5.42. The fraction of sp³-hybridized carbons (Fsp3) is 0.533. The summed E-state index contributed by atoms with van der Waals surface area (Å²) in [4.78, 5) is 14.3. The van der Waals surface area contributed by atoms with Crippen LogP contribution in [0.25, 0.3) is 0 Å². The second kappa shape index (κ2) is 6.14. The van der Waals surface area contributed by atoms with E-state index in [2.05, 4.69) is 38.3 Å². The number of carbonyl (C=O) groups excluding carboxylic acids is 1. The molecule has 0 aliphatic carbocycles. The van der Waals surface area contributed by atoms with Gasteiger partial charge in [0.15, 0.2) is 0 Å². The largest absolute Gasteiger partial charge is 0.369 e. The Morgan fingerprint density at radius 1 is 1.30 bits per heavy atom. The quantitative estimate of drug-likeness (QED) is 0.919. The van der Waals surface area contributed by atoms with Crippen LogP contribution in [-0.2, 0) is 9.53 Å². The van der Waals surface area contributed by atoms with Gasteiger partial charge in [0.25, 0.3) is 0 Å². The summed E-state index contributed by atoms with van der Waals surface area (Å²) in [5.74, 6) is 0.0603. The van der Waals surface area contributed by atoms with E-state index in [1.54, 1.807) is 0 Å². The molecule has 0 spiro atoms. The molecular formula is C15H19BrN2O2. The Bertz CT molecular complexity index is 471. The molecule has 108 valence electrons. The Balaban J connectivity index is 1.54. The molecule has 5 heteroatoms. The number of hydrogen-bond donors (Lipinski definition) is 1. The Labute approximate surface area is 127 Å². The molecule has 0 saturated carbocycles. The van der Waals surface area contributed by atoms with Crippen molar-refractivity contribution in [3.8, 4) is 0 Å². The maximum atomic E-state index is 12.0. The molecule has 0 radical (unpaired) electrons.